The van der Waals surface area contributed by atoms with Gasteiger partial charge in [0, 0.05) is 22.8 Å². The van der Waals surface area contributed by atoms with Gasteiger partial charge in [-0.2, -0.15) is 5.26 Å². The summed E-state index contributed by atoms with van der Waals surface area (Å²) in [6, 6.07) is 15.1. The maximum Gasteiger partial charge on any atom is 0.136 e. The summed E-state index contributed by atoms with van der Waals surface area (Å²) in [7, 11) is 0. The number of rotatable bonds is 6. The van der Waals surface area contributed by atoms with Crippen molar-refractivity contribution in [3.8, 4) is 17.3 Å². The van der Waals surface area contributed by atoms with Crippen LogP contribution in [0.4, 0.5) is 5.69 Å². The van der Waals surface area contributed by atoms with Crippen molar-refractivity contribution in [2.75, 3.05) is 5.32 Å². The second kappa shape index (κ2) is 9.07. The molecule has 3 aromatic rings. The molecule has 0 aliphatic rings. The topological polar surface area (TPSA) is 48.7 Å². The van der Waals surface area contributed by atoms with Gasteiger partial charge in [-0.1, -0.05) is 55.8 Å². The van der Waals surface area contributed by atoms with Gasteiger partial charge in [-0.25, -0.2) is 4.98 Å². The Hall–Kier alpha value is -2.90. The highest BCUT2D eigenvalue weighted by Crippen LogP contribution is 2.28. The number of hydrogen-bond donors (Lipinski definition) is 1. The molecule has 1 heterocycles. The third-order valence-corrected chi connectivity index (χ3v) is 5.66. The lowest BCUT2D eigenvalue weighted by Crippen LogP contribution is -1.97. The van der Waals surface area contributed by atoms with Crippen molar-refractivity contribution in [3.63, 3.8) is 0 Å². The van der Waals surface area contributed by atoms with Crippen molar-refractivity contribution in [1.29, 1.82) is 5.26 Å². The van der Waals surface area contributed by atoms with Crippen LogP contribution in [0.1, 0.15) is 41.1 Å². The van der Waals surface area contributed by atoms with Gasteiger partial charge in [0.1, 0.15) is 16.6 Å². The van der Waals surface area contributed by atoms with Gasteiger partial charge in [0.05, 0.1) is 5.69 Å². The molecule has 0 fully saturated rings. The maximum absolute atomic E-state index is 9.65. The molecule has 0 spiro atoms. The summed E-state index contributed by atoms with van der Waals surface area (Å²) in [6.07, 6.45) is 2.84. The Morgan fingerprint density at radius 1 is 1.14 bits per heavy atom. The van der Waals surface area contributed by atoms with Gasteiger partial charge in [0.2, 0.25) is 0 Å². The van der Waals surface area contributed by atoms with Crippen LogP contribution in [0.25, 0.3) is 16.8 Å². The van der Waals surface area contributed by atoms with Crippen molar-refractivity contribution in [2.45, 2.75) is 41.0 Å². The molecular weight excluding hydrogens is 374 g/mol. The first-order chi connectivity index (χ1) is 13.9. The fourth-order valence-electron chi connectivity index (χ4n) is 3.51. The first-order valence-corrected chi connectivity index (χ1v) is 10.7. The summed E-state index contributed by atoms with van der Waals surface area (Å²) in [4.78, 5) is 4.70. The van der Waals surface area contributed by atoms with Gasteiger partial charge in [-0.15, -0.1) is 11.3 Å². The van der Waals surface area contributed by atoms with E-state index in [1.807, 2.05) is 5.38 Å². The monoisotopic (exact) mass is 401 g/mol. The average molecular weight is 402 g/mol. The number of nitrogens with zero attached hydrogens (tertiary/aromatic N) is 2. The van der Waals surface area contributed by atoms with E-state index in [1.54, 1.807) is 6.20 Å². The Labute approximate surface area is 177 Å². The smallest absolute Gasteiger partial charge is 0.136 e. The Morgan fingerprint density at radius 2 is 1.79 bits per heavy atom. The molecule has 0 aliphatic heterocycles. The molecule has 4 heteroatoms. The van der Waals surface area contributed by atoms with Crippen LogP contribution >= 0.6 is 11.3 Å². The second-order valence-corrected chi connectivity index (χ2v) is 8.78. The molecular formula is C25H27N3S. The average Bonchev–Trinajstić information content (AvgIpc) is 3.14. The molecule has 0 saturated heterocycles. The van der Waals surface area contributed by atoms with Gasteiger partial charge in [0.15, 0.2) is 0 Å². The highest BCUT2D eigenvalue weighted by molar-refractivity contribution is 7.11. The summed E-state index contributed by atoms with van der Waals surface area (Å²) < 4.78 is 0. The van der Waals surface area contributed by atoms with Crippen molar-refractivity contribution < 1.29 is 0 Å². The Bertz CT molecular complexity index is 1040. The number of thiazole rings is 1. The lowest BCUT2D eigenvalue weighted by atomic mass is 10.0. The van der Waals surface area contributed by atoms with Crippen LogP contribution in [-0.2, 0) is 6.42 Å². The first-order valence-electron chi connectivity index (χ1n) is 9.87. The molecule has 3 nitrogen and oxygen atoms in total. The molecule has 29 heavy (non-hydrogen) atoms. The number of nitrogens with one attached hydrogen (secondary N) is 1. The van der Waals surface area contributed by atoms with Crippen molar-refractivity contribution >= 4 is 22.6 Å². The number of benzene rings is 2. The third-order valence-electron chi connectivity index (χ3n) is 4.79. The number of anilines is 1. The quantitative estimate of drug-likeness (QED) is 0.456. The predicted molar refractivity (Wildman–Crippen MR) is 124 cm³/mol. The number of hydrogen-bond acceptors (Lipinski definition) is 4. The van der Waals surface area contributed by atoms with E-state index in [0.717, 1.165) is 39.5 Å². The van der Waals surface area contributed by atoms with Gasteiger partial charge in [-0.3, -0.25) is 0 Å². The molecule has 1 aromatic heterocycles. The molecule has 148 valence electrons. The highest BCUT2D eigenvalue weighted by Gasteiger charge is 2.10. The van der Waals surface area contributed by atoms with Crippen LogP contribution in [0, 0.1) is 38.0 Å². The van der Waals surface area contributed by atoms with E-state index in [9.17, 15) is 5.26 Å². The molecule has 3 rings (SSSR count). The summed E-state index contributed by atoms with van der Waals surface area (Å²) in [5, 5.41) is 15.7. The second-order valence-electron chi connectivity index (χ2n) is 7.92. The Morgan fingerprint density at radius 3 is 2.38 bits per heavy atom. The molecule has 0 saturated carbocycles. The first kappa shape index (κ1) is 20.8. The molecule has 0 radical (unpaired) electrons. The largest absolute Gasteiger partial charge is 0.360 e. The van der Waals surface area contributed by atoms with Gasteiger partial charge < -0.3 is 5.32 Å². The normalized spacial score (nSPS) is 11.6. The van der Waals surface area contributed by atoms with Crippen LogP contribution in [0.3, 0.4) is 0 Å². The molecule has 0 amide bonds. The third kappa shape index (κ3) is 5.13. The summed E-state index contributed by atoms with van der Waals surface area (Å²) in [5.41, 5.74) is 8.47. The summed E-state index contributed by atoms with van der Waals surface area (Å²) in [5.74, 6) is 0.642. The van der Waals surface area contributed by atoms with Crippen molar-refractivity contribution in [2.24, 2.45) is 5.92 Å². The van der Waals surface area contributed by atoms with Crippen LogP contribution in [-0.4, -0.2) is 4.98 Å². The molecule has 0 aliphatic carbocycles. The molecule has 1 N–H and O–H groups in total. The van der Waals surface area contributed by atoms with Crippen molar-refractivity contribution in [1.82, 2.24) is 4.98 Å². The Balaban J connectivity index is 1.81. The number of allylic oxidation sites excluding steroid dienone is 1. The highest BCUT2D eigenvalue weighted by atomic mass is 32.1. The van der Waals surface area contributed by atoms with E-state index in [0.29, 0.717) is 11.5 Å². The lowest BCUT2D eigenvalue weighted by molar-refractivity contribution is 0.647. The molecule has 0 bridgehead atoms. The lowest BCUT2D eigenvalue weighted by Gasteiger charge is -2.11. The van der Waals surface area contributed by atoms with E-state index in [4.69, 9.17) is 4.98 Å². The number of aromatic nitrogens is 1. The summed E-state index contributed by atoms with van der Waals surface area (Å²) >= 11 is 1.50. The maximum atomic E-state index is 9.65. The summed E-state index contributed by atoms with van der Waals surface area (Å²) in [6.45, 7) is 10.7. The van der Waals surface area contributed by atoms with Crippen LogP contribution in [0.15, 0.2) is 48.0 Å². The zero-order chi connectivity index (χ0) is 21.0. The van der Waals surface area contributed by atoms with E-state index in [2.05, 4.69) is 82.4 Å². The standard InChI is InChI=1S/C25H27N3S/c1-16(2)10-20-6-8-21(9-7-20)23-15-29-25(28-23)22(13-26)14-27-24-18(4)11-17(3)12-19(24)5/h6-9,11-12,14-16,27H,10H2,1-5H3/b22-14+. The Kier molecular flexibility index (Phi) is 6.51. The van der Waals surface area contributed by atoms with Crippen LogP contribution in [0.2, 0.25) is 0 Å². The predicted octanol–water partition coefficient (Wildman–Crippen LogP) is 6.91. The minimum Gasteiger partial charge on any atom is -0.360 e. The fourth-order valence-corrected chi connectivity index (χ4v) is 4.30. The van der Waals surface area contributed by atoms with E-state index in [1.165, 1.54) is 22.5 Å². The van der Waals surface area contributed by atoms with Crippen LogP contribution in [0.5, 0.6) is 0 Å². The molecule has 0 atom stereocenters. The van der Waals surface area contributed by atoms with E-state index >= 15 is 0 Å². The molecule has 2 aromatic carbocycles. The minimum absolute atomic E-state index is 0.539. The van der Waals surface area contributed by atoms with E-state index in [-0.39, 0.29) is 0 Å². The van der Waals surface area contributed by atoms with E-state index < -0.39 is 0 Å². The minimum atomic E-state index is 0.539. The number of aryl methyl sites for hydroxylation is 3. The SMILES string of the molecule is Cc1cc(C)c(N/C=C(\C#N)c2nc(-c3ccc(CC(C)C)cc3)cs2)c(C)c1. The zero-order valence-corrected chi connectivity index (χ0v) is 18.5. The van der Waals surface area contributed by atoms with Gasteiger partial charge in [0.25, 0.3) is 0 Å². The van der Waals surface area contributed by atoms with Gasteiger partial charge in [-0.05, 0) is 49.8 Å². The fraction of sp³-hybridized carbons (Fsp3) is 0.280. The zero-order valence-electron chi connectivity index (χ0n) is 17.7. The van der Waals surface area contributed by atoms with Crippen molar-refractivity contribution in [3.05, 3.63) is 75.2 Å². The van der Waals surface area contributed by atoms with Crippen LogP contribution < -0.4 is 5.32 Å². The number of nitriles is 1. The molecule has 0 unspecified atom stereocenters. The van der Waals surface area contributed by atoms with Gasteiger partial charge >= 0.3 is 0 Å².